The molecule has 5 nitrogen and oxygen atoms in total. The summed E-state index contributed by atoms with van der Waals surface area (Å²) in [4.78, 5) is 31.9. The Morgan fingerprint density at radius 3 is 2.62 bits per heavy atom. The molecule has 0 saturated carbocycles. The molecular weight excluding hydrogens is 420 g/mol. The minimum absolute atomic E-state index is 0.102. The fourth-order valence-electron chi connectivity index (χ4n) is 3.26. The van der Waals surface area contributed by atoms with Gasteiger partial charge in [-0.1, -0.05) is 35.5 Å². The highest BCUT2D eigenvalue weighted by Crippen LogP contribution is 2.35. The van der Waals surface area contributed by atoms with Crippen molar-refractivity contribution in [3.8, 4) is 0 Å². The van der Waals surface area contributed by atoms with Crippen LogP contribution in [0.4, 0.5) is 14.6 Å². The number of H-pyrrole nitrogens is 1. The molecular formula is C20H14ClF2N3O2S. The van der Waals surface area contributed by atoms with Crippen molar-refractivity contribution in [3.63, 3.8) is 0 Å². The molecule has 1 aliphatic rings. The molecule has 2 N–H and O–H groups in total. The summed E-state index contributed by atoms with van der Waals surface area (Å²) in [7, 11) is 0. The van der Waals surface area contributed by atoms with Gasteiger partial charge in [0.05, 0.1) is 5.56 Å². The molecule has 1 aliphatic heterocycles. The molecule has 3 aromatic rings. The van der Waals surface area contributed by atoms with E-state index < -0.39 is 23.1 Å². The van der Waals surface area contributed by atoms with Gasteiger partial charge in [-0.15, -0.1) is 0 Å². The van der Waals surface area contributed by atoms with Crippen molar-refractivity contribution in [2.45, 2.75) is 23.2 Å². The summed E-state index contributed by atoms with van der Waals surface area (Å²) >= 11 is 7.25. The van der Waals surface area contributed by atoms with Crippen LogP contribution in [0.1, 0.15) is 29.0 Å². The van der Waals surface area contributed by atoms with Crippen LogP contribution in [0.5, 0.6) is 0 Å². The number of anilines is 1. The molecule has 0 aliphatic carbocycles. The molecule has 9 heteroatoms. The highest BCUT2D eigenvalue weighted by molar-refractivity contribution is 7.98. The average Bonchev–Trinajstić information content (AvgIpc) is 2.64. The highest BCUT2D eigenvalue weighted by atomic mass is 35.5. The lowest BCUT2D eigenvalue weighted by atomic mass is 9.87. The maximum Gasteiger partial charge on any atom is 0.257 e. The molecule has 4 rings (SSSR count). The number of thioether (sulfide) groups is 1. The zero-order chi connectivity index (χ0) is 20.5. The van der Waals surface area contributed by atoms with Crippen LogP contribution in [0.2, 0.25) is 5.02 Å². The zero-order valence-electron chi connectivity index (χ0n) is 14.8. The lowest BCUT2D eigenvalue weighted by Crippen LogP contribution is -2.31. The van der Waals surface area contributed by atoms with Crippen molar-refractivity contribution in [2.24, 2.45) is 0 Å². The molecule has 2 aromatic carbocycles. The second-order valence-corrected chi connectivity index (χ2v) is 7.96. The number of hydrogen-bond donors (Lipinski definition) is 2. The van der Waals surface area contributed by atoms with Gasteiger partial charge in [-0.25, -0.2) is 13.8 Å². The van der Waals surface area contributed by atoms with E-state index in [0.29, 0.717) is 15.9 Å². The number of amides is 1. The van der Waals surface area contributed by atoms with Crippen LogP contribution in [0, 0.1) is 11.6 Å². The van der Waals surface area contributed by atoms with E-state index in [-0.39, 0.29) is 29.3 Å². The number of rotatable bonds is 4. The van der Waals surface area contributed by atoms with Gasteiger partial charge in [0.2, 0.25) is 5.91 Å². The molecule has 1 aromatic heterocycles. The number of nitrogens with one attached hydrogen (secondary N) is 2. The number of aromatic nitrogens is 2. The molecule has 0 fully saturated rings. The second-order valence-electron chi connectivity index (χ2n) is 6.56. The van der Waals surface area contributed by atoms with Crippen molar-refractivity contribution >= 4 is 35.1 Å². The topological polar surface area (TPSA) is 74.8 Å². The third-order valence-electron chi connectivity index (χ3n) is 4.48. The Labute approximate surface area is 173 Å². The Kier molecular flexibility index (Phi) is 5.38. The molecule has 0 unspecified atom stereocenters. The number of halogens is 3. The van der Waals surface area contributed by atoms with Crippen LogP contribution in [-0.4, -0.2) is 15.9 Å². The summed E-state index contributed by atoms with van der Waals surface area (Å²) in [6.07, 6.45) is -0.102. The molecule has 0 saturated heterocycles. The number of fused-ring (bicyclic) bond motifs is 1. The summed E-state index contributed by atoms with van der Waals surface area (Å²) in [6.45, 7) is 0. The van der Waals surface area contributed by atoms with E-state index in [1.165, 1.54) is 11.8 Å². The van der Waals surface area contributed by atoms with Crippen LogP contribution >= 0.6 is 23.4 Å². The first-order valence-corrected chi connectivity index (χ1v) is 10.0. The van der Waals surface area contributed by atoms with Crippen molar-refractivity contribution in [1.82, 2.24) is 9.97 Å². The summed E-state index contributed by atoms with van der Waals surface area (Å²) < 4.78 is 27.3. The molecule has 29 heavy (non-hydrogen) atoms. The fourth-order valence-corrected chi connectivity index (χ4v) is 4.28. The minimum Gasteiger partial charge on any atom is -0.310 e. The first-order valence-electron chi connectivity index (χ1n) is 8.66. The SMILES string of the molecule is O=C1C[C@H](c2cc(F)cc(F)c2)c2c(nc(SCc3cccc(Cl)c3)[nH]c2=O)N1. The van der Waals surface area contributed by atoms with Gasteiger partial charge in [-0.2, -0.15) is 0 Å². The highest BCUT2D eigenvalue weighted by Gasteiger charge is 2.31. The van der Waals surface area contributed by atoms with Crippen molar-refractivity contribution in [1.29, 1.82) is 0 Å². The van der Waals surface area contributed by atoms with Crippen LogP contribution < -0.4 is 10.9 Å². The zero-order valence-corrected chi connectivity index (χ0v) is 16.4. The number of nitrogens with zero attached hydrogens (tertiary/aromatic N) is 1. The van der Waals surface area contributed by atoms with E-state index in [9.17, 15) is 18.4 Å². The number of hydrogen-bond acceptors (Lipinski definition) is 4. The Morgan fingerprint density at radius 1 is 1.14 bits per heavy atom. The summed E-state index contributed by atoms with van der Waals surface area (Å²) in [5.41, 5.74) is 0.880. The number of carbonyl (C=O) groups excluding carboxylic acids is 1. The number of carbonyl (C=O) groups is 1. The van der Waals surface area contributed by atoms with E-state index >= 15 is 0 Å². The molecule has 0 bridgehead atoms. The fraction of sp³-hybridized carbons (Fsp3) is 0.150. The van der Waals surface area contributed by atoms with Gasteiger partial charge in [0, 0.05) is 29.2 Å². The molecule has 1 atom stereocenters. The Morgan fingerprint density at radius 2 is 1.90 bits per heavy atom. The first-order chi connectivity index (χ1) is 13.9. The normalized spacial score (nSPS) is 15.7. The predicted octanol–water partition coefficient (Wildman–Crippen LogP) is 4.47. The Bertz CT molecular complexity index is 1150. The van der Waals surface area contributed by atoms with E-state index in [2.05, 4.69) is 15.3 Å². The van der Waals surface area contributed by atoms with Gasteiger partial charge in [0.1, 0.15) is 17.5 Å². The average molecular weight is 434 g/mol. The van der Waals surface area contributed by atoms with Crippen LogP contribution in [-0.2, 0) is 10.5 Å². The number of benzene rings is 2. The van der Waals surface area contributed by atoms with Gasteiger partial charge in [-0.3, -0.25) is 9.59 Å². The van der Waals surface area contributed by atoms with Gasteiger partial charge in [0.25, 0.3) is 5.56 Å². The molecule has 1 amide bonds. The summed E-state index contributed by atoms with van der Waals surface area (Å²) in [6, 6.07) is 10.3. The third kappa shape index (κ3) is 4.33. The lowest BCUT2D eigenvalue weighted by molar-refractivity contribution is -0.116. The molecule has 148 valence electrons. The smallest absolute Gasteiger partial charge is 0.257 e. The van der Waals surface area contributed by atoms with Gasteiger partial charge >= 0.3 is 0 Å². The van der Waals surface area contributed by atoms with E-state index in [0.717, 1.165) is 23.8 Å². The van der Waals surface area contributed by atoms with Crippen molar-refractivity contribution in [3.05, 3.63) is 86.2 Å². The van der Waals surface area contributed by atoms with Gasteiger partial charge in [-0.05, 0) is 35.4 Å². The van der Waals surface area contributed by atoms with E-state index in [1.54, 1.807) is 12.1 Å². The second kappa shape index (κ2) is 7.96. The van der Waals surface area contributed by atoms with E-state index in [4.69, 9.17) is 11.6 Å². The quantitative estimate of drug-likeness (QED) is 0.470. The number of aromatic amines is 1. The Hall–Kier alpha value is -2.71. The molecule has 2 heterocycles. The predicted molar refractivity (Wildman–Crippen MR) is 107 cm³/mol. The molecule has 0 spiro atoms. The van der Waals surface area contributed by atoms with Crippen LogP contribution in [0.25, 0.3) is 0 Å². The lowest BCUT2D eigenvalue weighted by Gasteiger charge is -2.24. The summed E-state index contributed by atoms with van der Waals surface area (Å²) in [5, 5.41) is 3.51. The Balaban J connectivity index is 1.67. The van der Waals surface area contributed by atoms with Crippen molar-refractivity contribution < 1.29 is 13.6 Å². The van der Waals surface area contributed by atoms with Gasteiger partial charge in [0.15, 0.2) is 5.16 Å². The van der Waals surface area contributed by atoms with Crippen LogP contribution in [0.3, 0.4) is 0 Å². The monoisotopic (exact) mass is 433 g/mol. The van der Waals surface area contributed by atoms with Gasteiger partial charge < -0.3 is 10.3 Å². The third-order valence-corrected chi connectivity index (χ3v) is 5.66. The van der Waals surface area contributed by atoms with Crippen LogP contribution in [0.15, 0.2) is 52.4 Å². The van der Waals surface area contributed by atoms with E-state index in [1.807, 2.05) is 12.1 Å². The molecule has 0 radical (unpaired) electrons. The largest absolute Gasteiger partial charge is 0.310 e. The maximum atomic E-state index is 13.7. The maximum absolute atomic E-state index is 13.7. The first kappa shape index (κ1) is 19.6. The van der Waals surface area contributed by atoms with Crippen molar-refractivity contribution in [2.75, 3.05) is 5.32 Å². The standard InChI is InChI=1S/C20H14ClF2N3O2S/c21-12-3-1-2-10(4-12)9-29-20-25-18-17(19(28)26-20)15(8-16(27)24-18)11-5-13(22)7-14(23)6-11/h1-7,15H,8-9H2,(H2,24,25,26,27,28)/t15-/m1/s1. The minimum atomic E-state index is -0.785. The summed E-state index contributed by atoms with van der Waals surface area (Å²) in [5.74, 6) is -2.10.